The van der Waals surface area contributed by atoms with Crippen LogP contribution >= 0.6 is 11.6 Å². The number of hydrogen-bond donors (Lipinski definition) is 1. The second-order valence-electron chi connectivity index (χ2n) is 4.52. The Morgan fingerprint density at radius 2 is 2.33 bits per heavy atom. The zero-order chi connectivity index (χ0) is 13.1. The van der Waals surface area contributed by atoms with E-state index in [2.05, 4.69) is 11.8 Å². The highest BCUT2D eigenvalue weighted by Gasteiger charge is 2.19. The van der Waals surface area contributed by atoms with Gasteiger partial charge < -0.3 is 14.6 Å². The van der Waals surface area contributed by atoms with Crippen LogP contribution in [-0.4, -0.2) is 42.9 Å². The highest BCUT2D eigenvalue weighted by molar-refractivity contribution is 6.32. The molecule has 0 aromatic heterocycles. The summed E-state index contributed by atoms with van der Waals surface area (Å²) in [6, 6.07) is 3.99. The zero-order valence-corrected chi connectivity index (χ0v) is 11.4. The van der Waals surface area contributed by atoms with Crippen molar-refractivity contribution in [2.45, 2.75) is 19.5 Å². The van der Waals surface area contributed by atoms with Gasteiger partial charge in [-0.3, -0.25) is 4.90 Å². The molecule has 1 fully saturated rings. The Hall–Kier alpha value is -0.970. The topological polar surface area (TPSA) is 41.9 Å². The number of halogens is 1. The molecule has 0 aliphatic carbocycles. The van der Waals surface area contributed by atoms with Gasteiger partial charge in [0.05, 0.1) is 25.3 Å². The minimum atomic E-state index is -0.00190. The van der Waals surface area contributed by atoms with Gasteiger partial charge in [-0.15, -0.1) is 0 Å². The van der Waals surface area contributed by atoms with Crippen molar-refractivity contribution < 1.29 is 14.6 Å². The quantitative estimate of drug-likeness (QED) is 0.916. The van der Waals surface area contributed by atoms with Crippen LogP contribution in [0.25, 0.3) is 0 Å². The largest absolute Gasteiger partial charge is 0.503 e. The van der Waals surface area contributed by atoms with Gasteiger partial charge in [0.1, 0.15) is 0 Å². The van der Waals surface area contributed by atoms with Crippen molar-refractivity contribution in [3.63, 3.8) is 0 Å². The number of nitrogens with zero attached hydrogens (tertiary/aromatic N) is 1. The van der Waals surface area contributed by atoms with E-state index in [1.807, 2.05) is 6.07 Å². The molecule has 2 rings (SSSR count). The number of phenols is 1. The van der Waals surface area contributed by atoms with Crippen molar-refractivity contribution in [3.05, 3.63) is 22.7 Å². The predicted molar refractivity (Wildman–Crippen MR) is 70.4 cm³/mol. The van der Waals surface area contributed by atoms with Crippen LogP contribution in [0.3, 0.4) is 0 Å². The molecule has 0 radical (unpaired) electrons. The fourth-order valence-corrected chi connectivity index (χ4v) is 2.34. The third-order valence-corrected chi connectivity index (χ3v) is 3.49. The second-order valence-corrected chi connectivity index (χ2v) is 4.93. The van der Waals surface area contributed by atoms with E-state index in [0.29, 0.717) is 16.8 Å². The van der Waals surface area contributed by atoms with E-state index in [4.69, 9.17) is 21.1 Å². The van der Waals surface area contributed by atoms with E-state index < -0.39 is 0 Å². The SMILES string of the molecule is COc1cc(CN2CCOCC2C)cc(Cl)c1O. The fraction of sp³-hybridized carbons (Fsp3) is 0.538. The summed E-state index contributed by atoms with van der Waals surface area (Å²) in [5.41, 5.74) is 1.03. The number of phenolic OH excluding ortho intramolecular Hbond substituents is 1. The molecule has 1 aromatic carbocycles. The Morgan fingerprint density at radius 3 is 3.00 bits per heavy atom. The summed E-state index contributed by atoms with van der Waals surface area (Å²) >= 11 is 5.98. The molecule has 18 heavy (non-hydrogen) atoms. The van der Waals surface area contributed by atoms with Crippen molar-refractivity contribution in [1.29, 1.82) is 0 Å². The van der Waals surface area contributed by atoms with Crippen LogP contribution in [-0.2, 0) is 11.3 Å². The van der Waals surface area contributed by atoms with E-state index in [9.17, 15) is 5.11 Å². The van der Waals surface area contributed by atoms with Crippen LogP contribution in [0.5, 0.6) is 11.5 Å². The summed E-state index contributed by atoms with van der Waals surface area (Å²) in [4.78, 5) is 2.33. The van der Waals surface area contributed by atoms with Crippen LogP contribution in [0.1, 0.15) is 12.5 Å². The van der Waals surface area contributed by atoms with E-state index in [-0.39, 0.29) is 5.75 Å². The summed E-state index contributed by atoms with van der Waals surface area (Å²) in [6.45, 7) is 5.33. The first-order valence-corrected chi connectivity index (χ1v) is 6.36. The lowest BCUT2D eigenvalue weighted by atomic mass is 10.1. The van der Waals surface area contributed by atoms with Gasteiger partial charge in [0.15, 0.2) is 11.5 Å². The van der Waals surface area contributed by atoms with Gasteiger partial charge in [-0.1, -0.05) is 11.6 Å². The van der Waals surface area contributed by atoms with Crippen molar-refractivity contribution in [1.82, 2.24) is 4.90 Å². The molecule has 1 saturated heterocycles. The number of rotatable bonds is 3. The van der Waals surface area contributed by atoms with Crippen LogP contribution in [0.15, 0.2) is 12.1 Å². The molecule has 1 unspecified atom stereocenters. The maximum absolute atomic E-state index is 9.69. The number of methoxy groups -OCH3 is 1. The third-order valence-electron chi connectivity index (χ3n) is 3.20. The number of ether oxygens (including phenoxy) is 2. The molecule has 1 aliphatic rings. The lowest BCUT2D eigenvalue weighted by molar-refractivity contribution is -0.00439. The van der Waals surface area contributed by atoms with E-state index >= 15 is 0 Å². The van der Waals surface area contributed by atoms with Crippen LogP contribution < -0.4 is 4.74 Å². The molecule has 0 spiro atoms. The minimum Gasteiger partial charge on any atom is -0.503 e. The average molecular weight is 272 g/mol. The van der Waals surface area contributed by atoms with Gasteiger partial charge in [0.25, 0.3) is 0 Å². The molecule has 0 amide bonds. The third kappa shape index (κ3) is 2.88. The number of aromatic hydroxyl groups is 1. The van der Waals surface area contributed by atoms with Gasteiger partial charge in [0.2, 0.25) is 0 Å². The summed E-state index contributed by atoms with van der Waals surface area (Å²) in [6.07, 6.45) is 0. The summed E-state index contributed by atoms with van der Waals surface area (Å²) < 4.78 is 10.5. The Labute approximate surface area is 112 Å². The Balaban J connectivity index is 2.15. The van der Waals surface area contributed by atoms with Crippen molar-refractivity contribution in [3.8, 4) is 11.5 Å². The molecule has 1 heterocycles. The zero-order valence-electron chi connectivity index (χ0n) is 10.6. The van der Waals surface area contributed by atoms with E-state index in [1.54, 1.807) is 6.07 Å². The maximum atomic E-state index is 9.69. The molecule has 1 atom stereocenters. The lowest BCUT2D eigenvalue weighted by Crippen LogP contribution is -2.42. The first-order valence-electron chi connectivity index (χ1n) is 5.99. The van der Waals surface area contributed by atoms with E-state index in [1.165, 1.54) is 7.11 Å². The number of benzene rings is 1. The summed E-state index contributed by atoms with van der Waals surface area (Å²) in [5, 5.41) is 10.0. The molecular weight excluding hydrogens is 254 g/mol. The van der Waals surface area contributed by atoms with Gasteiger partial charge in [-0.2, -0.15) is 0 Å². The molecule has 1 aliphatic heterocycles. The molecule has 4 nitrogen and oxygen atoms in total. The highest BCUT2D eigenvalue weighted by Crippen LogP contribution is 2.35. The summed E-state index contributed by atoms with van der Waals surface area (Å²) in [7, 11) is 1.52. The molecule has 100 valence electrons. The normalized spacial score (nSPS) is 20.9. The molecular formula is C13H18ClNO3. The smallest absolute Gasteiger partial charge is 0.176 e. The van der Waals surface area contributed by atoms with Crippen LogP contribution in [0, 0.1) is 0 Å². The molecule has 1 aromatic rings. The standard InChI is InChI=1S/C13H18ClNO3/c1-9-8-18-4-3-15(9)7-10-5-11(14)13(16)12(6-10)17-2/h5-6,9,16H,3-4,7-8H2,1-2H3. The lowest BCUT2D eigenvalue weighted by Gasteiger charge is -2.33. The summed E-state index contributed by atoms with van der Waals surface area (Å²) in [5.74, 6) is 0.413. The first-order chi connectivity index (χ1) is 8.61. The Morgan fingerprint density at radius 1 is 1.56 bits per heavy atom. The molecule has 1 N–H and O–H groups in total. The Bertz CT molecular complexity index is 425. The monoisotopic (exact) mass is 271 g/mol. The predicted octanol–water partition coefficient (Wildman–Crippen LogP) is 2.27. The second kappa shape index (κ2) is 5.78. The Kier molecular flexibility index (Phi) is 4.32. The van der Waals surface area contributed by atoms with Crippen molar-refractivity contribution >= 4 is 11.6 Å². The molecule has 5 heteroatoms. The van der Waals surface area contributed by atoms with Gasteiger partial charge in [0, 0.05) is 19.1 Å². The highest BCUT2D eigenvalue weighted by atomic mass is 35.5. The molecule has 0 saturated carbocycles. The van der Waals surface area contributed by atoms with Crippen LogP contribution in [0.2, 0.25) is 5.02 Å². The molecule has 0 bridgehead atoms. The van der Waals surface area contributed by atoms with Gasteiger partial charge in [-0.25, -0.2) is 0 Å². The first kappa shape index (κ1) is 13.5. The fourth-order valence-electron chi connectivity index (χ4n) is 2.11. The van der Waals surface area contributed by atoms with Crippen molar-refractivity contribution in [2.24, 2.45) is 0 Å². The van der Waals surface area contributed by atoms with Gasteiger partial charge in [-0.05, 0) is 24.6 Å². The minimum absolute atomic E-state index is 0.00190. The van der Waals surface area contributed by atoms with Gasteiger partial charge >= 0.3 is 0 Å². The number of morpholine rings is 1. The van der Waals surface area contributed by atoms with E-state index in [0.717, 1.165) is 31.9 Å². The van der Waals surface area contributed by atoms with Crippen molar-refractivity contribution in [2.75, 3.05) is 26.9 Å². The van der Waals surface area contributed by atoms with Crippen LogP contribution in [0.4, 0.5) is 0 Å². The maximum Gasteiger partial charge on any atom is 0.176 e. The average Bonchev–Trinajstić information content (AvgIpc) is 2.36. The number of hydrogen-bond acceptors (Lipinski definition) is 4.